The van der Waals surface area contributed by atoms with Gasteiger partial charge < -0.3 is 9.80 Å². The van der Waals surface area contributed by atoms with Crippen LogP contribution in [0.5, 0.6) is 0 Å². The number of hydrogen-bond acceptors (Lipinski definition) is 2. The van der Waals surface area contributed by atoms with Crippen LogP contribution in [0.15, 0.2) is 0 Å². The quantitative estimate of drug-likeness (QED) is 0.675. The highest BCUT2D eigenvalue weighted by Crippen LogP contribution is 2.09. The van der Waals surface area contributed by atoms with Crippen LogP contribution in [0.25, 0.3) is 0 Å². The zero-order valence-electron chi connectivity index (χ0n) is 12.4. The highest BCUT2D eigenvalue weighted by atomic mass is 15.3. The Balaban J connectivity index is 2.05. The zero-order chi connectivity index (χ0) is 12.7. The van der Waals surface area contributed by atoms with E-state index >= 15 is 0 Å². The average molecular weight is 240 g/mol. The Morgan fingerprint density at radius 3 is 1.65 bits per heavy atom. The highest BCUT2D eigenvalue weighted by Gasteiger charge is 2.16. The zero-order valence-corrected chi connectivity index (χ0v) is 12.4. The Kier molecular flexibility index (Phi) is 7.14. The summed E-state index contributed by atoms with van der Waals surface area (Å²) in [7, 11) is 0. The Hall–Kier alpha value is -0.0800. The van der Waals surface area contributed by atoms with Crippen molar-refractivity contribution in [2.24, 2.45) is 11.8 Å². The summed E-state index contributed by atoms with van der Waals surface area (Å²) in [6.07, 6.45) is 4.12. The summed E-state index contributed by atoms with van der Waals surface area (Å²) < 4.78 is 0. The van der Waals surface area contributed by atoms with Crippen molar-refractivity contribution in [1.29, 1.82) is 0 Å². The van der Waals surface area contributed by atoms with E-state index in [-0.39, 0.29) is 0 Å². The molecule has 1 aliphatic rings. The summed E-state index contributed by atoms with van der Waals surface area (Å²) in [6, 6.07) is 0. The fourth-order valence-corrected chi connectivity index (χ4v) is 2.40. The van der Waals surface area contributed by atoms with E-state index in [9.17, 15) is 0 Å². The van der Waals surface area contributed by atoms with Crippen LogP contribution in [0.3, 0.4) is 0 Å². The predicted octanol–water partition coefficient (Wildman–Crippen LogP) is 3.09. The van der Waals surface area contributed by atoms with E-state index in [1.807, 2.05) is 0 Å². The lowest BCUT2D eigenvalue weighted by molar-refractivity contribution is 0.125. The normalized spacial score (nSPS) is 19.4. The first-order valence-corrected chi connectivity index (χ1v) is 7.52. The molecule has 0 aromatic carbocycles. The monoisotopic (exact) mass is 240 g/mol. The van der Waals surface area contributed by atoms with E-state index in [1.165, 1.54) is 58.5 Å². The van der Waals surface area contributed by atoms with Gasteiger partial charge in [0, 0.05) is 26.2 Å². The summed E-state index contributed by atoms with van der Waals surface area (Å²) in [5, 5.41) is 0. The standard InChI is InChI=1S/C15H32N2/c1-14(2)6-5-8-16-10-12-17(13-11-16)9-7-15(3)4/h14-15H,5-13H2,1-4H3. The van der Waals surface area contributed by atoms with Gasteiger partial charge in [0.25, 0.3) is 0 Å². The molecule has 0 aliphatic carbocycles. The molecule has 0 saturated carbocycles. The van der Waals surface area contributed by atoms with Crippen LogP contribution in [0, 0.1) is 11.8 Å². The van der Waals surface area contributed by atoms with Crippen molar-refractivity contribution in [2.45, 2.75) is 47.0 Å². The van der Waals surface area contributed by atoms with Crippen molar-refractivity contribution in [3.05, 3.63) is 0 Å². The van der Waals surface area contributed by atoms with Crippen molar-refractivity contribution in [1.82, 2.24) is 9.80 Å². The van der Waals surface area contributed by atoms with E-state index in [1.54, 1.807) is 0 Å². The van der Waals surface area contributed by atoms with Gasteiger partial charge in [-0.2, -0.15) is 0 Å². The highest BCUT2D eigenvalue weighted by molar-refractivity contribution is 4.72. The third-order valence-corrected chi connectivity index (χ3v) is 3.74. The van der Waals surface area contributed by atoms with Crippen LogP contribution in [0.1, 0.15) is 47.0 Å². The molecule has 0 radical (unpaired) electrons. The molecule has 1 rings (SSSR count). The van der Waals surface area contributed by atoms with Gasteiger partial charge in [-0.05, 0) is 44.2 Å². The second kappa shape index (κ2) is 8.10. The first-order chi connectivity index (χ1) is 8.08. The second-order valence-electron chi connectivity index (χ2n) is 6.40. The van der Waals surface area contributed by atoms with E-state index in [0.717, 1.165) is 11.8 Å². The molecule has 1 aliphatic heterocycles. The van der Waals surface area contributed by atoms with Gasteiger partial charge in [0.1, 0.15) is 0 Å². The average Bonchev–Trinajstić information content (AvgIpc) is 2.27. The lowest BCUT2D eigenvalue weighted by Gasteiger charge is -2.35. The van der Waals surface area contributed by atoms with Crippen LogP contribution >= 0.6 is 0 Å². The number of nitrogens with zero attached hydrogens (tertiary/aromatic N) is 2. The van der Waals surface area contributed by atoms with Gasteiger partial charge in [-0.15, -0.1) is 0 Å². The van der Waals surface area contributed by atoms with Crippen LogP contribution in [-0.4, -0.2) is 49.1 Å². The predicted molar refractivity (Wildman–Crippen MR) is 76.4 cm³/mol. The van der Waals surface area contributed by atoms with Crippen molar-refractivity contribution in [3.63, 3.8) is 0 Å². The molecule has 0 aromatic heterocycles. The van der Waals surface area contributed by atoms with Crippen molar-refractivity contribution in [3.8, 4) is 0 Å². The van der Waals surface area contributed by atoms with Crippen LogP contribution in [0.2, 0.25) is 0 Å². The molecular weight excluding hydrogens is 208 g/mol. The third-order valence-electron chi connectivity index (χ3n) is 3.74. The topological polar surface area (TPSA) is 6.48 Å². The van der Waals surface area contributed by atoms with Crippen LogP contribution < -0.4 is 0 Å². The molecule has 1 heterocycles. The van der Waals surface area contributed by atoms with Crippen LogP contribution in [-0.2, 0) is 0 Å². The molecule has 0 N–H and O–H groups in total. The molecular formula is C15H32N2. The molecule has 1 saturated heterocycles. The van der Waals surface area contributed by atoms with Gasteiger partial charge in [0.15, 0.2) is 0 Å². The van der Waals surface area contributed by atoms with Gasteiger partial charge in [0.2, 0.25) is 0 Å². The number of piperazine rings is 1. The second-order valence-corrected chi connectivity index (χ2v) is 6.40. The van der Waals surface area contributed by atoms with Gasteiger partial charge in [-0.25, -0.2) is 0 Å². The fourth-order valence-electron chi connectivity index (χ4n) is 2.40. The van der Waals surface area contributed by atoms with Gasteiger partial charge >= 0.3 is 0 Å². The SMILES string of the molecule is CC(C)CCCN1CCN(CCC(C)C)CC1. The van der Waals surface area contributed by atoms with E-state index in [0.29, 0.717) is 0 Å². The Bertz CT molecular complexity index is 181. The maximum atomic E-state index is 2.65. The lowest BCUT2D eigenvalue weighted by Crippen LogP contribution is -2.46. The van der Waals surface area contributed by atoms with Gasteiger partial charge in [-0.1, -0.05) is 27.7 Å². The molecule has 2 nitrogen and oxygen atoms in total. The summed E-state index contributed by atoms with van der Waals surface area (Å²) in [4.78, 5) is 5.28. The first-order valence-electron chi connectivity index (χ1n) is 7.52. The van der Waals surface area contributed by atoms with E-state index < -0.39 is 0 Å². The summed E-state index contributed by atoms with van der Waals surface area (Å²) in [5.41, 5.74) is 0. The molecule has 17 heavy (non-hydrogen) atoms. The molecule has 0 aromatic rings. The van der Waals surface area contributed by atoms with Crippen molar-refractivity contribution >= 4 is 0 Å². The maximum Gasteiger partial charge on any atom is 0.0110 e. The largest absolute Gasteiger partial charge is 0.301 e. The van der Waals surface area contributed by atoms with Gasteiger partial charge in [0.05, 0.1) is 0 Å². The minimum Gasteiger partial charge on any atom is -0.301 e. The Morgan fingerprint density at radius 1 is 0.706 bits per heavy atom. The number of rotatable bonds is 7. The molecule has 102 valence electrons. The molecule has 0 amide bonds. The van der Waals surface area contributed by atoms with Crippen molar-refractivity contribution < 1.29 is 0 Å². The molecule has 1 fully saturated rings. The Labute approximate surface area is 108 Å². The molecule has 0 spiro atoms. The van der Waals surface area contributed by atoms with Crippen molar-refractivity contribution in [2.75, 3.05) is 39.3 Å². The van der Waals surface area contributed by atoms with Crippen LogP contribution in [0.4, 0.5) is 0 Å². The smallest absolute Gasteiger partial charge is 0.0110 e. The maximum absolute atomic E-state index is 2.65. The fraction of sp³-hybridized carbons (Fsp3) is 1.00. The Morgan fingerprint density at radius 2 is 1.18 bits per heavy atom. The summed E-state index contributed by atoms with van der Waals surface area (Å²) in [6.45, 7) is 17.1. The summed E-state index contributed by atoms with van der Waals surface area (Å²) >= 11 is 0. The van der Waals surface area contributed by atoms with E-state index in [4.69, 9.17) is 0 Å². The van der Waals surface area contributed by atoms with E-state index in [2.05, 4.69) is 37.5 Å². The first kappa shape index (κ1) is 15.0. The summed E-state index contributed by atoms with van der Waals surface area (Å²) in [5.74, 6) is 1.71. The van der Waals surface area contributed by atoms with Gasteiger partial charge in [-0.3, -0.25) is 0 Å². The third kappa shape index (κ3) is 7.05. The minimum atomic E-state index is 0.846. The number of hydrogen-bond donors (Lipinski definition) is 0. The molecule has 0 atom stereocenters. The minimum absolute atomic E-state index is 0.846. The molecule has 0 unspecified atom stereocenters. The lowest BCUT2D eigenvalue weighted by atomic mass is 10.1. The molecule has 2 heteroatoms. The molecule has 0 bridgehead atoms.